The van der Waals surface area contributed by atoms with Crippen molar-refractivity contribution in [2.45, 2.75) is 13.3 Å². The molecule has 0 aliphatic heterocycles. The van der Waals surface area contributed by atoms with Crippen LogP contribution in [-0.2, 0) is 6.42 Å². The van der Waals surface area contributed by atoms with Crippen molar-refractivity contribution in [2.24, 2.45) is 0 Å². The second kappa shape index (κ2) is 2.55. The molecular formula is C10H12N2. The predicted molar refractivity (Wildman–Crippen MR) is 52.1 cm³/mol. The predicted octanol–water partition coefficient (Wildman–Crippen LogP) is 2.31. The fourth-order valence-corrected chi connectivity index (χ4v) is 1.61. The highest BCUT2D eigenvalue weighted by Gasteiger charge is 2.02. The largest absolute Gasteiger partial charge is 0.398 e. The normalized spacial score (nSPS) is 10.8. The average Bonchev–Trinajstić information content (AvgIpc) is 2.52. The van der Waals surface area contributed by atoms with E-state index in [9.17, 15) is 0 Å². The van der Waals surface area contributed by atoms with Gasteiger partial charge in [-0.25, -0.2) is 0 Å². The van der Waals surface area contributed by atoms with Gasteiger partial charge in [0, 0.05) is 22.8 Å². The zero-order valence-corrected chi connectivity index (χ0v) is 7.09. The van der Waals surface area contributed by atoms with Gasteiger partial charge in [0.05, 0.1) is 0 Å². The van der Waals surface area contributed by atoms with E-state index in [1.807, 2.05) is 18.3 Å². The number of aromatic amines is 1. The van der Waals surface area contributed by atoms with Gasteiger partial charge in [-0.2, -0.15) is 0 Å². The Labute approximate surface area is 71.4 Å². The minimum Gasteiger partial charge on any atom is -0.398 e. The number of H-pyrrole nitrogens is 1. The molecule has 0 amide bonds. The molecule has 1 heterocycles. The third-order valence-corrected chi connectivity index (χ3v) is 2.24. The highest BCUT2D eigenvalue weighted by Crippen LogP contribution is 2.23. The topological polar surface area (TPSA) is 41.8 Å². The zero-order valence-electron chi connectivity index (χ0n) is 7.09. The maximum atomic E-state index is 5.84. The number of fused-ring (bicyclic) bond motifs is 1. The molecule has 0 saturated heterocycles. The van der Waals surface area contributed by atoms with Gasteiger partial charge in [0.1, 0.15) is 0 Å². The molecular weight excluding hydrogens is 148 g/mol. The Bertz CT molecular complexity index is 401. The molecule has 0 saturated carbocycles. The molecule has 2 heteroatoms. The van der Waals surface area contributed by atoms with Crippen molar-refractivity contribution in [1.82, 2.24) is 4.98 Å². The molecule has 0 bridgehead atoms. The van der Waals surface area contributed by atoms with Gasteiger partial charge in [-0.3, -0.25) is 0 Å². The molecule has 1 aromatic heterocycles. The first-order valence-corrected chi connectivity index (χ1v) is 4.17. The highest BCUT2D eigenvalue weighted by atomic mass is 14.7. The fraction of sp³-hybridized carbons (Fsp3) is 0.200. The Balaban J connectivity index is 2.83. The van der Waals surface area contributed by atoms with Gasteiger partial charge < -0.3 is 10.7 Å². The number of nitrogen functional groups attached to an aromatic ring is 1. The molecule has 0 aliphatic rings. The summed E-state index contributed by atoms with van der Waals surface area (Å²) >= 11 is 0. The molecule has 2 aromatic rings. The van der Waals surface area contributed by atoms with Crippen LogP contribution in [-0.4, -0.2) is 4.98 Å². The van der Waals surface area contributed by atoms with Gasteiger partial charge in [-0.05, 0) is 30.2 Å². The van der Waals surface area contributed by atoms with Crippen molar-refractivity contribution in [2.75, 3.05) is 5.73 Å². The van der Waals surface area contributed by atoms with Crippen molar-refractivity contribution < 1.29 is 0 Å². The lowest BCUT2D eigenvalue weighted by Gasteiger charge is -2.03. The summed E-state index contributed by atoms with van der Waals surface area (Å²) in [4.78, 5) is 3.17. The molecule has 2 rings (SSSR count). The second-order valence-electron chi connectivity index (χ2n) is 2.93. The van der Waals surface area contributed by atoms with Gasteiger partial charge in [-0.15, -0.1) is 0 Å². The molecule has 12 heavy (non-hydrogen) atoms. The average molecular weight is 160 g/mol. The van der Waals surface area contributed by atoms with E-state index in [0.717, 1.165) is 12.1 Å². The van der Waals surface area contributed by atoms with E-state index in [2.05, 4.69) is 18.0 Å². The number of hydrogen-bond acceptors (Lipinski definition) is 1. The first kappa shape index (κ1) is 7.22. The zero-order chi connectivity index (χ0) is 8.55. The highest BCUT2D eigenvalue weighted by molar-refractivity contribution is 5.87. The number of rotatable bonds is 1. The van der Waals surface area contributed by atoms with Crippen molar-refractivity contribution in [3.8, 4) is 0 Å². The van der Waals surface area contributed by atoms with Gasteiger partial charge >= 0.3 is 0 Å². The standard InChI is InChI=1S/C10H12N2/c1-2-7-8-5-6-12-10(8)4-3-9(7)11/h3-6,12H,2,11H2,1H3. The molecule has 0 atom stereocenters. The maximum Gasteiger partial charge on any atom is 0.0458 e. The smallest absolute Gasteiger partial charge is 0.0458 e. The second-order valence-corrected chi connectivity index (χ2v) is 2.93. The maximum absolute atomic E-state index is 5.84. The van der Waals surface area contributed by atoms with Crippen LogP contribution in [0.25, 0.3) is 10.9 Å². The molecule has 0 spiro atoms. The van der Waals surface area contributed by atoms with E-state index in [1.165, 1.54) is 16.5 Å². The van der Waals surface area contributed by atoms with Crippen LogP contribution in [0.2, 0.25) is 0 Å². The third kappa shape index (κ3) is 0.881. The van der Waals surface area contributed by atoms with Crippen molar-refractivity contribution in [1.29, 1.82) is 0 Å². The van der Waals surface area contributed by atoms with E-state index in [4.69, 9.17) is 5.73 Å². The third-order valence-electron chi connectivity index (χ3n) is 2.24. The molecule has 62 valence electrons. The van der Waals surface area contributed by atoms with Crippen molar-refractivity contribution >= 4 is 16.6 Å². The summed E-state index contributed by atoms with van der Waals surface area (Å²) in [6.07, 6.45) is 2.93. The number of benzene rings is 1. The van der Waals surface area contributed by atoms with E-state index in [-0.39, 0.29) is 0 Å². The lowest BCUT2D eigenvalue weighted by Crippen LogP contribution is -1.92. The molecule has 2 nitrogen and oxygen atoms in total. The molecule has 0 aliphatic carbocycles. The summed E-state index contributed by atoms with van der Waals surface area (Å²) in [7, 11) is 0. The number of aryl methyl sites for hydroxylation is 1. The Kier molecular flexibility index (Phi) is 1.54. The van der Waals surface area contributed by atoms with Crippen LogP contribution in [0.5, 0.6) is 0 Å². The molecule has 1 aromatic carbocycles. The summed E-state index contributed by atoms with van der Waals surface area (Å²) in [6.45, 7) is 2.12. The van der Waals surface area contributed by atoms with Crippen LogP contribution >= 0.6 is 0 Å². The molecule has 0 fully saturated rings. The number of anilines is 1. The van der Waals surface area contributed by atoms with Crippen molar-refractivity contribution in [3.05, 3.63) is 30.0 Å². The summed E-state index contributed by atoms with van der Waals surface area (Å²) in [5.41, 5.74) is 9.15. The van der Waals surface area contributed by atoms with Gasteiger partial charge in [0.2, 0.25) is 0 Å². The van der Waals surface area contributed by atoms with Crippen molar-refractivity contribution in [3.63, 3.8) is 0 Å². The summed E-state index contributed by atoms with van der Waals surface area (Å²) in [5, 5.41) is 1.25. The number of hydrogen-bond donors (Lipinski definition) is 2. The Morgan fingerprint density at radius 2 is 2.17 bits per heavy atom. The van der Waals surface area contributed by atoms with Crippen LogP contribution in [0.3, 0.4) is 0 Å². The van der Waals surface area contributed by atoms with Crippen LogP contribution < -0.4 is 5.73 Å². The monoisotopic (exact) mass is 160 g/mol. The molecule has 3 N–H and O–H groups in total. The van der Waals surface area contributed by atoms with Gasteiger partial charge in [0.15, 0.2) is 0 Å². The lowest BCUT2D eigenvalue weighted by atomic mass is 10.1. The Morgan fingerprint density at radius 3 is 2.92 bits per heavy atom. The Hall–Kier alpha value is -1.44. The lowest BCUT2D eigenvalue weighted by molar-refractivity contribution is 1.16. The Morgan fingerprint density at radius 1 is 1.33 bits per heavy atom. The first-order chi connectivity index (χ1) is 5.83. The molecule has 0 radical (unpaired) electrons. The minimum atomic E-state index is 0.893. The number of nitrogens with one attached hydrogen (secondary N) is 1. The summed E-state index contributed by atoms with van der Waals surface area (Å²) in [5.74, 6) is 0. The quantitative estimate of drug-likeness (QED) is 0.617. The molecule has 0 unspecified atom stereocenters. The first-order valence-electron chi connectivity index (χ1n) is 4.17. The van der Waals surface area contributed by atoms with E-state index < -0.39 is 0 Å². The van der Waals surface area contributed by atoms with E-state index in [1.54, 1.807) is 0 Å². The number of aromatic nitrogens is 1. The number of nitrogens with two attached hydrogens (primary N) is 1. The summed E-state index contributed by atoms with van der Waals surface area (Å²) < 4.78 is 0. The van der Waals surface area contributed by atoms with E-state index >= 15 is 0 Å². The fourth-order valence-electron chi connectivity index (χ4n) is 1.61. The van der Waals surface area contributed by atoms with Gasteiger partial charge in [-0.1, -0.05) is 6.92 Å². The van der Waals surface area contributed by atoms with E-state index in [0.29, 0.717) is 0 Å². The van der Waals surface area contributed by atoms with Crippen LogP contribution in [0.4, 0.5) is 5.69 Å². The van der Waals surface area contributed by atoms with Gasteiger partial charge in [0.25, 0.3) is 0 Å². The minimum absolute atomic E-state index is 0.893. The van der Waals surface area contributed by atoms with Crippen LogP contribution in [0.15, 0.2) is 24.4 Å². The summed E-state index contributed by atoms with van der Waals surface area (Å²) in [6, 6.07) is 6.05. The van der Waals surface area contributed by atoms with Crippen LogP contribution in [0, 0.1) is 0 Å². The van der Waals surface area contributed by atoms with Crippen LogP contribution in [0.1, 0.15) is 12.5 Å². The SMILES string of the molecule is CCc1c(N)ccc2[nH]ccc12.